The molecule has 3 fully saturated rings. The molecule has 0 bridgehead atoms. The summed E-state index contributed by atoms with van der Waals surface area (Å²) in [6.45, 7) is 23.2. The van der Waals surface area contributed by atoms with E-state index in [1.807, 2.05) is 56.3 Å². The molecule has 0 saturated heterocycles. The standard InChI is InChI=1S/C37H47N3O3/c1-32(2)16-18-37(40-31(43)39-23-12-10-9-11-13-23)19-17-36(7)29(24(37)21-32)26(41)20-28-34(5)22-25(38-8)30(42)33(3,4)27(34)14-15-35(28,36)6/h9-13,20,22,24,27,29H,14-19,21H2,1-7H3,(H2,39,40,43)/t24-,27-,29-,34-,35+,36+,37-/m0/s1. The van der Waals surface area contributed by atoms with E-state index in [1.165, 1.54) is 0 Å². The number of amides is 2. The number of para-hydroxylation sites is 1. The molecule has 3 saturated carbocycles. The van der Waals surface area contributed by atoms with E-state index >= 15 is 0 Å². The van der Waals surface area contributed by atoms with Gasteiger partial charge < -0.3 is 15.4 Å². The highest BCUT2D eigenvalue weighted by Crippen LogP contribution is 2.73. The lowest BCUT2D eigenvalue weighted by molar-refractivity contribution is -0.160. The number of hydrogen-bond acceptors (Lipinski definition) is 3. The summed E-state index contributed by atoms with van der Waals surface area (Å²) < 4.78 is 0. The minimum absolute atomic E-state index is 0.0166. The highest BCUT2D eigenvalue weighted by Gasteiger charge is 2.70. The summed E-state index contributed by atoms with van der Waals surface area (Å²) in [4.78, 5) is 45.1. The Morgan fingerprint density at radius 2 is 1.60 bits per heavy atom. The molecule has 0 aliphatic heterocycles. The van der Waals surface area contributed by atoms with E-state index in [2.05, 4.69) is 50.1 Å². The van der Waals surface area contributed by atoms with Crippen molar-refractivity contribution < 1.29 is 14.4 Å². The number of ketones is 2. The van der Waals surface area contributed by atoms with E-state index in [9.17, 15) is 14.4 Å². The predicted molar refractivity (Wildman–Crippen MR) is 169 cm³/mol. The molecule has 6 rings (SSSR count). The summed E-state index contributed by atoms with van der Waals surface area (Å²) in [5, 5.41) is 6.49. The average Bonchev–Trinajstić information content (AvgIpc) is 2.93. The number of allylic oxidation sites excluding steroid dienone is 4. The minimum atomic E-state index is -0.669. The minimum Gasteiger partial charge on any atom is -0.332 e. The maximum absolute atomic E-state index is 14.7. The fourth-order valence-electron chi connectivity index (χ4n) is 10.7. The fourth-order valence-corrected chi connectivity index (χ4v) is 10.7. The largest absolute Gasteiger partial charge is 0.332 e. The van der Waals surface area contributed by atoms with Crippen LogP contribution in [0, 0.1) is 51.4 Å². The van der Waals surface area contributed by atoms with Gasteiger partial charge in [-0.1, -0.05) is 78.3 Å². The van der Waals surface area contributed by atoms with E-state index in [0.29, 0.717) is 0 Å². The van der Waals surface area contributed by atoms with E-state index in [0.717, 1.165) is 56.2 Å². The van der Waals surface area contributed by atoms with Crippen molar-refractivity contribution in [2.45, 2.75) is 99.0 Å². The number of urea groups is 1. The molecule has 0 spiro atoms. The molecule has 0 unspecified atom stereocenters. The Balaban J connectivity index is 1.43. The van der Waals surface area contributed by atoms with Crippen molar-refractivity contribution in [3.05, 3.63) is 65.2 Å². The van der Waals surface area contributed by atoms with Crippen LogP contribution < -0.4 is 10.6 Å². The molecule has 5 aliphatic carbocycles. The van der Waals surface area contributed by atoms with Gasteiger partial charge in [-0.2, -0.15) is 0 Å². The van der Waals surface area contributed by atoms with Crippen molar-refractivity contribution >= 4 is 23.3 Å². The number of carbonyl (C=O) groups excluding carboxylic acids is 3. The zero-order valence-corrected chi connectivity index (χ0v) is 26.9. The second kappa shape index (κ2) is 9.40. The van der Waals surface area contributed by atoms with Crippen LogP contribution in [0.1, 0.15) is 93.4 Å². The quantitative estimate of drug-likeness (QED) is 0.346. The highest BCUT2D eigenvalue weighted by atomic mass is 16.2. The van der Waals surface area contributed by atoms with Crippen molar-refractivity contribution in [2.24, 2.45) is 44.8 Å². The first-order valence-electron chi connectivity index (χ1n) is 16.1. The summed E-state index contributed by atoms with van der Waals surface area (Å²) in [6, 6.07) is 9.32. The lowest BCUT2D eigenvalue weighted by atomic mass is 9.35. The molecular formula is C37H47N3O3. The molecule has 1 aromatic rings. The molecule has 0 radical (unpaired) electrons. The lowest BCUT2D eigenvalue weighted by Gasteiger charge is -2.69. The third kappa shape index (κ3) is 4.13. The zero-order valence-electron chi connectivity index (χ0n) is 26.9. The monoisotopic (exact) mass is 581 g/mol. The number of anilines is 1. The van der Waals surface area contributed by atoms with Crippen LogP contribution in [-0.4, -0.2) is 23.1 Å². The van der Waals surface area contributed by atoms with Gasteiger partial charge in [0.1, 0.15) is 0 Å². The number of fused-ring (bicyclic) bond motifs is 7. The topological polar surface area (TPSA) is 79.6 Å². The Hall–Kier alpha value is -3.20. The predicted octanol–water partition coefficient (Wildman–Crippen LogP) is 8.13. The maximum atomic E-state index is 14.7. The van der Waals surface area contributed by atoms with Gasteiger partial charge in [0.15, 0.2) is 11.6 Å². The van der Waals surface area contributed by atoms with Gasteiger partial charge >= 0.3 is 6.03 Å². The first-order chi connectivity index (χ1) is 20.0. The van der Waals surface area contributed by atoms with Gasteiger partial charge in [0.2, 0.25) is 5.70 Å². The summed E-state index contributed by atoms with van der Waals surface area (Å²) in [5.41, 5.74) is -0.0922. The number of benzene rings is 1. The Morgan fingerprint density at radius 3 is 2.28 bits per heavy atom. The van der Waals surface area contributed by atoms with Crippen LogP contribution in [0.15, 0.2) is 53.8 Å². The summed E-state index contributed by atoms with van der Waals surface area (Å²) in [7, 11) is 0. The average molecular weight is 582 g/mol. The number of carbonyl (C=O) groups is 3. The van der Waals surface area contributed by atoms with Gasteiger partial charge in [-0.05, 0) is 91.2 Å². The number of Topliss-reactive ketones (excluding diaryl/α,β-unsaturated/α-hetero) is 1. The Morgan fingerprint density at radius 1 is 0.930 bits per heavy atom. The van der Waals surface area contributed by atoms with E-state index in [-0.39, 0.29) is 57.3 Å². The van der Waals surface area contributed by atoms with Crippen LogP contribution in [-0.2, 0) is 9.59 Å². The van der Waals surface area contributed by atoms with Crippen molar-refractivity contribution in [1.29, 1.82) is 0 Å². The third-order valence-electron chi connectivity index (χ3n) is 13.2. The first-order valence-corrected chi connectivity index (χ1v) is 16.1. The Kier molecular flexibility index (Phi) is 6.53. The third-order valence-corrected chi connectivity index (χ3v) is 13.2. The molecule has 6 heteroatoms. The van der Waals surface area contributed by atoms with Crippen molar-refractivity contribution in [2.75, 3.05) is 5.32 Å². The number of rotatable bonds is 2. The van der Waals surface area contributed by atoms with Crippen LogP contribution >= 0.6 is 0 Å². The number of nitrogens with one attached hydrogen (secondary N) is 2. The highest BCUT2D eigenvalue weighted by molar-refractivity contribution is 6.03. The van der Waals surface area contributed by atoms with Gasteiger partial charge in [0, 0.05) is 28.0 Å². The van der Waals surface area contributed by atoms with E-state index < -0.39 is 16.4 Å². The molecule has 0 aromatic heterocycles. The van der Waals surface area contributed by atoms with E-state index in [1.54, 1.807) is 0 Å². The SMILES string of the molecule is [C-]#[N+]C1=C[C@]2(C)C3=CC(=O)[C@@H]4[C@@H]5CC(C)(C)CC[C@]5(NC(=O)Nc5ccccc5)CC[C@@]4(C)[C@]3(C)CC[C@H]2C(C)(C)C1=O. The summed E-state index contributed by atoms with van der Waals surface area (Å²) >= 11 is 0. The van der Waals surface area contributed by atoms with Crippen LogP contribution in [0.4, 0.5) is 10.5 Å². The smallest absolute Gasteiger partial charge is 0.319 e. The Labute approximate surface area is 257 Å². The van der Waals surface area contributed by atoms with E-state index in [4.69, 9.17) is 6.57 Å². The maximum Gasteiger partial charge on any atom is 0.319 e. The van der Waals surface area contributed by atoms with Crippen LogP contribution in [0.2, 0.25) is 0 Å². The van der Waals surface area contributed by atoms with Gasteiger partial charge in [-0.25, -0.2) is 9.64 Å². The van der Waals surface area contributed by atoms with Crippen LogP contribution in [0.3, 0.4) is 0 Å². The molecule has 43 heavy (non-hydrogen) atoms. The van der Waals surface area contributed by atoms with Gasteiger partial charge in [0.05, 0.1) is 6.57 Å². The second-order valence-electron chi connectivity index (χ2n) is 16.3. The molecule has 6 nitrogen and oxygen atoms in total. The second-order valence-corrected chi connectivity index (χ2v) is 16.3. The summed E-state index contributed by atoms with van der Waals surface area (Å²) in [6.07, 6.45) is 10.0. The zero-order chi connectivity index (χ0) is 31.2. The molecule has 2 N–H and O–H groups in total. The molecule has 7 atom stereocenters. The van der Waals surface area contributed by atoms with Crippen LogP contribution in [0.5, 0.6) is 0 Å². The van der Waals surface area contributed by atoms with Crippen molar-refractivity contribution in [1.82, 2.24) is 5.32 Å². The number of nitrogens with zero attached hydrogens (tertiary/aromatic N) is 1. The Bertz CT molecular complexity index is 1500. The lowest BCUT2D eigenvalue weighted by Crippen LogP contribution is -2.70. The van der Waals surface area contributed by atoms with Crippen molar-refractivity contribution in [3.8, 4) is 0 Å². The molecule has 1 aromatic carbocycles. The molecular weight excluding hydrogens is 534 g/mol. The fraction of sp³-hybridized carbons (Fsp3) is 0.622. The molecule has 0 heterocycles. The van der Waals surface area contributed by atoms with Gasteiger partial charge in [-0.15, -0.1) is 0 Å². The van der Waals surface area contributed by atoms with Gasteiger partial charge in [-0.3, -0.25) is 4.79 Å². The first kappa shape index (κ1) is 29.9. The summed E-state index contributed by atoms with van der Waals surface area (Å²) in [5.74, 6) is -0.0874. The molecule has 228 valence electrons. The van der Waals surface area contributed by atoms with Gasteiger partial charge in [0.25, 0.3) is 0 Å². The van der Waals surface area contributed by atoms with Crippen LogP contribution in [0.25, 0.3) is 4.85 Å². The van der Waals surface area contributed by atoms with Crippen molar-refractivity contribution in [3.63, 3.8) is 0 Å². The normalized spacial score (nSPS) is 40.7. The molecule has 2 amide bonds. The number of hydrogen-bond donors (Lipinski definition) is 2. The molecule has 5 aliphatic rings.